The molecule has 21 heavy (non-hydrogen) atoms. The molecule has 0 saturated carbocycles. The van der Waals surface area contributed by atoms with Gasteiger partial charge in [0.25, 0.3) is 0 Å². The maximum Gasteiger partial charge on any atom is 0.215 e. The smallest absolute Gasteiger partial charge is 0.215 e. The highest BCUT2D eigenvalue weighted by atomic mass is 32.2. The monoisotopic (exact) mass is 326 g/mol. The first kappa shape index (κ1) is 15.9. The molecular formula is C13H18N4O2S2. The number of hydrogen-bond donors (Lipinski definition) is 2. The van der Waals surface area contributed by atoms with E-state index in [-0.39, 0.29) is 5.75 Å². The molecular weight excluding hydrogens is 308 g/mol. The molecule has 0 amide bonds. The van der Waals surface area contributed by atoms with E-state index in [0.29, 0.717) is 6.54 Å². The molecule has 1 aromatic carbocycles. The topological polar surface area (TPSA) is 84.0 Å². The molecule has 0 bridgehead atoms. The Morgan fingerprint density at radius 3 is 2.43 bits per heavy atom. The quantitative estimate of drug-likeness (QED) is 0.810. The van der Waals surface area contributed by atoms with Crippen molar-refractivity contribution in [1.29, 1.82) is 0 Å². The lowest BCUT2D eigenvalue weighted by molar-refractivity contribution is 0.587. The van der Waals surface area contributed by atoms with E-state index in [1.165, 1.54) is 18.6 Å². The van der Waals surface area contributed by atoms with E-state index >= 15 is 0 Å². The second kappa shape index (κ2) is 6.97. The van der Waals surface area contributed by atoms with Crippen LogP contribution in [0.2, 0.25) is 0 Å². The minimum Gasteiger partial charge on any atom is -0.356 e. The number of hydrogen-bond acceptors (Lipinski definition) is 6. The van der Waals surface area contributed by atoms with Crippen molar-refractivity contribution in [2.75, 3.05) is 12.4 Å². The van der Waals surface area contributed by atoms with Crippen LogP contribution in [-0.2, 0) is 28.7 Å². The molecule has 2 N–H and O–H groups in total. The molecule has 0 aliphatic rings. The molecule has 0 aliphatic heterocycles. The van der Waals surface area contributed by atoms with E-state index < -0.39 is 10.0 Å². The summed E-state index contributed by atoms with van der Waals surface area (Å²) in [6.45, 7) is 2.65. The van der Waals surface area contributed by atoms with Crippen molar-refractivity contribution in [3.8, 4) is 0 Å². The van der Waals surface area contributed by atoms with Crippen molar-refractivity contribution in [2.24, 2.45) is 0 Å². The normalized spacial score (nSPS) is 11.5. The van der Waals surface area contributed by atoms with Gasteiger partial charge in [-0.05, 0) is 18.2 Å². The molecule has 2 rings (SSSR count). The Kier molecular flexibility index (Phi) is 5.27. The Hall–Kier alpha value is -1.51. The number of aryl methyl sites for hydroxylation is 1. The lowest BCUT2D eigenvalue weighted by Gasteiger charge is -2.05. The van der Waals surface area contributed by atoms with E-state index in [1.807, 2.05) is 31.2 Å². The molecule has 6 nitrogen and oxygen atoms in total. The Labute approximate surface area is 128 Å². The number of sulfonamides is 1. The highest BCUT2D eigenvalue weighted by molar-refractivity contribution is 7.88. The van der Waals surface area contributed by atoms with Crippen LogP contribution in [0.4, 0.5) is 5.13 Å². The number of benzene rings is 1. The number of nitrogens with zero attached hydrogens (tertiary/aromatic N) is 2. The van der Waals surface area contributed by atoms with Crippen LogP contribution in [0.15, 0.2) is 24.3 Å². The van der Waals surface area contributed by atoms with Gasteiger partial charge in [-0.15, -0.1) is 0 Å². The van der Waals surface area contributed by atoms with E-state index in [1.54, 1.807) is 0 Å². The average molecular weight is 326 g/mol. The molecule has 8 heteroatoms. The maximum absolute atomic E-state index is 11.5. The van der Waals surface area contributed by atoms with Crippen LogP contribution in [0.25, 0.3) is 0 Å². The number of nitrogens with one attached hydrogen (secondary N) is 2. The molecule has 0 radical (unpaired) electrons. The maximum atomic E-state index is 11.5. The zero-order valence-corrected chi connectivity index (χ0v) is 13.6. The summed E-state index contributed by atoms with van der Waals surface area (Å²) >= 11 is 1.35. The minimum absolute atomic E-state index is 0.00648. The fourth-order valence-corrected chi connectivity index (χ4v) is 3.11. The van der Waals surface area contributed by atoms with Gasteiger partial charge in [-0.3, -0.25) is 0 Å². The molecule has 2 aromatic rings. The van der Waals surface area contributed by atoms with Gasteiger partial charge >= 0.3 is 0 Å². The summed E-state index contributed by atoms with van der Waals surface area (Å²) in [5, 5.41) is 4.01. The van der Waals surface area contributed by atoms with Crippen molar-refractivity contribution in [3.63, 3.8) is 0 Å². The minimum atomic E-state index is -3.22. The van der Waals surface area contributed by atoms with Crippen LogP contribution in [0.1, 0.15) is 23.9 Å². The molecule has 0 spiro atoms. The van der Waals surface area contributed by atoms with Crippen LogP contribution in [-0.4, -0.2) is 24.8 Å². The SMILES string of the molecule is CCc1nsc(NCc2ccc(CS(=O)(=O)NC)cc2)n1. The van der Waals surface area contributed by atoms with Gasteiger partial charge in [0.2, 0.25) is 15.2 Å². The van der Waals surface area contributed by atoms with Gasteiger partial charge < -0.3 is 5.32 Å². The van der Waals surface area contributed by atoms with Crippen LogP contribution in [0, 0.1) is 0 Å². The van der Waals surface area contributed by atoms with Crippen molar-refractivity contribution in [3.05, 3.63) is 41.2 Å². The zero-order chi connectivity index (χ0) is 15.3. The standard InChI is InChI=1S/C13H18N4O2S2/c1-3-12-16-13(20-17-12)15-8-10-4-6-11(7-5-10)9-21(18,19)14-2/h4-7,14H,3,8-9H2,1-2H3,(H,15,16,17). The van der Waals surface area contributed by atoms with Gasteiger partial charge in [-0.1, -0.05) is 31.2 Å². The Morgan fingerprint density at radius 1 is 1.19 bits per heavy atom. The fourth-order valence-electron chi connectivity index (χ4n) is 1.69. The Morgan fingerprint density at radius 2 is 1.86 bits per heavy atom. The molecule has 0 aliphatic carbocycles. The number of rotatable bonds is 7. The van der Waals surface area contributed by atoms with Crippen LogP contribution >= 0.6 is 11.5 Å². The molecule has 0 atom stereocenters. The predicted octanol–water partition coefficient (Wildman–Crippen LogP) is 1.76. The summed E-state index contributed by atoms with van der Waals surface area (Å²) < 4.78 is 29.4. The van der Waals surface area contributed by atoms with Crippen molar-refractivity contribution in [1.82, 2.24) is 14.1 Å². The van der Waals surface area contributed by atoms with E-state index in [9.17, 15) is 8.42 Å². The first-order valence-corrected chi connectivity index (χ1v) is 9.00. The van der Waals surface area contributed by atoms with Crippen LogP contribution in [0.3, 0.4) is 0 Å². The number of aromatic nitrogens is 2. The van der Waals surface area contributed by atoms with Crippen molar-refractivity contribution >= 4 is 26.7 Å². The third-order valence-corrected chi connectivity index (χ3v) is 4.96. The van der Waals surface area contributed by atoms with Gasteiger partial charge in [0, 0.05) is 24.5 Å². The fraction of sp³-hybridized carbons (Fsp3) is 0.385. The van der Waals surface area contributed by atoms with Gasteiger partial charge in [0.1, 0.15) is 5.82 Å². The highest BCUT2D eigenvalue weighted by Crippen LogP contribution is 2.14. The summed E-state index contributed by atoms with van der Waals surface area (Å²) in [5.41, 5.74) is 1.83. The van der Waals surface area contributed by atoms with Crippen LogP contribution < -0.4 is 10.0 Å². The molecule has 1 aromatic heterocycles. The summed E-state index contributed by atoms with van der Waals surface area (Å²) in [7, 11) is -1.81. The third-order valence-electron chi connectivity index (χ3n) is 2.92. The second-order valence-corrected chi connectivity index (χ2v) is 7.18. The first-order chi connectivity index (χ1) is 10.0. The molecule has 0 fully saturated rings. The third kappa shape index (κ3) is 4.76. The summed E-state index contributed by atoms with van der Waals surface area (Å²) in [6, 6.07) is 7.47. The summed E-state index contributed by atoms with van der Waals surface area (Å²) in [4.78, 5) is 4.33. The van der Waals surface area contributed by atoms with Gasteiger partial charge in [0.05, 0.1) is 5.75 Å². The molecule has 0 unspecified atom stereocenters. The van der Waals surface area contributed by atoms with Gasteiger partial charge in [0.15, 0.2) is 0 Å². The first-order valence-electron chi connectivity index (χ1n) is 6.58. The lowest BCUT2D eigenvalue weighted by atomic mass is 10.1. The number of anilines is 1. The molecule has 0 saturated heterocycles. The lowest BCUT2D eigenvalue weighted by Crippen LogP contribution is -2.20. The van der Waals surface area contributed by atoms with E-state index in [4.69, 9.17) is 0 Å². The largest absolute Gasteiger partial charge is 0.356 e. The molecule has 114 valence electrons. The van der Waals surface area contributed by atoms with Crippen molar-refractivity contribution in [2.45, 2.75) is 25.6 Å². The predicted molar refractivity (Wildman–Crippen MR) is 84.7 cm³/mol. The van der Waals surface area contributed by atoms with E-state index in [2.05, 4.69) is 19.4 Å². The highest BCUT2D eigenvalue weighted by Gasteiger charge is 2.08. The van der Waals surface area contributed by atoms with Crippen molar-refractivity contribution < 1.29 is 8.42 Å². The Balaban J connectivity index is 1.93. The Bertz CT molecular complexity index is 680. The van der Waals surface area contributed by atoms with E-state index in [0.717, 1.165) is 28.5 Å². The zero-order valence-electron chi connectivity index (χ0n) is 12.0. The van der Waals surface area contributed by atoms with Crippen LogP contribution in [0.5, 0.6) is 0 Å². The molecule has 1 heterocycles. The summed E-state index contributed by atoms with van der Waals surface area (Å²) in [5.74, 6) is 0.836. The van der Waals surface area contributed by atoms with Gasteiger partial charge in [-0.25, -0.2) is 18.1 Å². The average Bonchev–Trinajstić information content (AvgIpc) is 2.94. The van der Waals surface area contributed by atoms with Gasteiger partial charge in [-0.2, -0.15) is 4.37 Å². The summed E-state index contributed by atoms with van der Waals surface area (Å²) in [6.07, 6.45) is 0.826. The second-order valence-electron chi connectivity index (χ2n) is 4.50.